The van der Waals surface area contributed by atoms with E-state index in [0.29, 0.717) is 5.56 Å². The average Bonchev–Trinajstić information content (AvgIpc) is 2.57. The van der Waals surface area contributed by atoms with Crippen LogP contribution in [0.25, 0.3) is 0 Å². The van der Waals surface area contributed by atoms with Gasteiger partial charge >= 0.3 is 5.69 Å². The second-order valence-corrected chi connectivity index (χ2v) is 4.71. The van der Waals surface area contributed by atoms with Crippen molar-refractivity contribution in [2.45, 2.75) is 0 Å². The van der Waals surface area contributed by atoms with Gasteiger partial charge in [-0.15, -0.1) is 0 Å². The van der Waals surface area contributed by atoms with E-state index in [2.05, 4.69) is 5.32 Å². The number of carbonyl (C=O) groups is 1. The summed E-state index contributed by atoms with van der Waals surface area (Å²) in [4.78, 5) is 35.6. The Bertz CT molecular complexity index is 934. The van der Waals surface area contributed by atoms with Crippen LogP contribution in [0, 0.1) is 11.3 Å². The van der Waals surface area contributed by atoms with Crippen LogP contribution >= 0.6 is 0 Å². The van der Waals surface area contributed by atoms with Gasteiger partial charge in [0.05, 0.1) is 0 Å². The molecule has 0 aliphatic rings. The van der Waals surface area contributed by atoms with Gasteiger partial charge in [-0.3, -0.25) is 18.7 Å². The molecule has 1 aromatic heterocycles. The smallest absolute Gasteiger partial charge is 0.333 e. The summed E-state index contributed by atoms with van der Waals surface area (Å²) in [5, 5.41) is 11.7. The van der Waals surface area contributed by atoms with Gasteiger partial charge in [-0.25, -0.2) is 4.79 Å². The molecule has 1 amide bonds. The zero-order valence-electron chi connectivity index (χ0n) is 12.8. The highest BCUT2D eigenvalue weighted by atomic mass is 16.5. The van der Waals surface area contributed by atoms with Crippen LogP contribution in [0.2, 0.25) is 0 Å². The van der Waals surface area contributed by atoms with Crippen molar-refractivity contribution in [3.63, 3.8) is 0 Å². The Labute approximate surface area is 131 Å². The third-order valence-corrected chi connectivity index (χ3v) is 3.26. The number of nitriles is 1. The lowest BCUT2D eigenvalue weighted by Gasteiger charge is -2.13. The van der Waals surface area contributed by atoms with Crippen molar-refractivity contribution in [2.24, 2.45) is 14.1 Å². The van der Waals surface area contributed by atoms with Crippen molar-refractivity contribution >= 4 is 5.91 Å². The Hall–Kier alpha value is -3.34. The van der Waals surface area contributed by atoms with Gasteiger partial charge in [0.25, 0.3) is 11.5 Å². The number of aromatic nitrogens is 2. The lowest BCUT2D eigenvalue weighted by molar-refractivity contribution is 0.0963. The summed E-state index contributed by atoms with van der Waals surface area (Å²) in [6, 6.07) is 7.91. The molecule has 8 nitrogen and oxygen atoms in total. The quantitative estimate of drug-likeness (QED) is 0.865. The third-order valence-electron chi connectivity index (χ3n) is 3.26. The minimum Gasteiger partial charge on any atom is -0.439 e. The molecule has 2 rings (SSSR count). The second kappa shape index (κ2) is 6.19. The zero-order chi connectivity index (χ0) is 17.1. The van der Waals surface area contributed by atoms with Gasteiger partial charge in [-0.1, -0.05) is 6.07 Å². The molecule has 0 radical (unpaired) electrons. The monoisotopic (exact) mass is 314 g/mol. The number of amides is 1. The lowest BCUT2D eigenvalue weighted by Crippen LogP contribution is -2.38. The molecule has 0 saturated carbocycles. The van der Waals surface area contributed by atoms with Gasteiger partial charge in [-0.05, 0) is 18.2 Å². The topological polar surface area (TPSA) is 106 Å². The Morgan fingerprint density at radius 2 is 1.96 bits per heavy atom. The van der Waals surface area contributed by atoms with E-state index in [0.717, 1.165) is 9.13 Å². The standard InChI is InChI=1S/C15H14N4O4/c1-17-12(20)9-5-4-6-10(7-9)23-14-11(8-16)13(21)18(2)15(22)19(14)3/h4-7H,1-3H3,(H,17,20). The summed E-state index contributed by atoms with van der Waals surface area (Å²) in [6.07, 6.45) is 0. The van der Waals surface area contributed by atoms with E-state index in [-0.39, 0.29) is 23.1 Å². The van der Waals surface area contributed by atoms with Gasteiger partial charge in [0.15, 0.2) is 5.56 Å². The molecule has 118 valence electrons. The summed E-state index contributed by atoms with van der Waals surface area (Å²) < 4.78 is 7.42. The second-order valence-electron chi connectivity index (χ2n) is 4.71. The number of rotatable bonds is 3. The number of hydrogen-bond donors (Lipinski definition) is 1. The van der Waals surface area contributed by atoms with Crippen molar-refractivity contribution in [3.8, 4) is 17.7 Å². The van der Waals surface area contributed by atoms with E-state index in [4.69, 9.17) is 4.74 Å². The van der Waals surface area contributed by atoms with E-state index < -0.39 is 11.2 Å². The minimum atomic E-state index is -0.743. The highest BCUT2D eigenvalue weighted by molar-refractivity contribution is 5.94. The minimum absolute atomic E-state index is 0.172. The molecular formula is C15H14N4O4. The van der Waals surface area contributed by atoms with Crippen LogP contribution in [0.3, 0.4) is 0 Å². The molecule has 2 aromatic rings. The van der Waals surface area contributed by atoms with Gasteiger partial charge in [0.2, 0.25) is 5.88 Å². The van der Waals surface area contributed by atoms with Crippen LogP contribution in [-0.4, -0.2) is 22.1 Å². The maximum absolute atomic E-state index is 12.0. The molecule has 0 bridgehead atoms. The van der Waals surface area contributed by atoms with E-state index in [1.165, 1.54) is 27.2 Å². The number of ether oxygens (including phenoxy) is 1. The van der Waals surface area contributed by atoms with Crippen molar-refractivity contribution in [1.82, 2.24) is 14.5 Å². The molecule has 0 aliphatic carbocycles. The number of hydrogen-bond acceptors (Lipinski definition) is 5. The average molecular weight is 314 g/mol. The summed E-state index contributed by atoms with van der Waals surface area (Å²) in [7, 11) is 4.16. The van der Waals surface area contributed by atoms with E-state index in [9.17, 15) is 19.6 Å². The summed E-state index contributed by atoms with van der Waals surface area (Å²) in [6.45, 7) is 0. The predicted octanol–water partition coefficient (Wildman–Crippen LogP) is 0.108. The van der Waals surface area contributed by atoms with Crippen LogP contribution in [0.5, 0.6) is 11.6 Å². The van der Waals surface area contributed by atoms with Crippen LogP contribution in [0.1, 0.15) is 15.9 Å². The van der Waals surface area contributed by atoms with E-state index in [1.54, 1.807) is 24.3 Å². The van der Waals surface area contributed by atoms with Crippen LogP contribution in [0.4, 0.5) is 0 Å². The molecule has 0 unspecified atom stereocenters. The van der Waals surface area contributed by atoms with Gasteiger partial charge < -0.3 is 10.1 Å². The van der Waals surface area contributed by atoms with Crippen molar-refractivity contribution in [3.05, 3.63) is 56.2 Å². The van der Waals surface area contributed by atoms with Crippen molar-refractivity contribution in [2.75, 3.05) is 7.05 Å². The number of carbonyl (C=O) groups excluding carboxylic acids is 1. The van der Waals surface area contributed by atoms with Gasteiger partial charge in [0, 0.05) is 26.7 Å². The highest BCUT2D eigenvalue weighted by Gasteiger charge is 2.18. The molecule has 1 heterocycles. The first-order valence-electron chi connectivity index (χ1n) is 6.60. The predicted molar refractivity (Wildman–Crippen MR) is 81.5 cm³/mol. The fourth-order valence-corrected chi connectivity index (χ4v) is 2.00. The first-order chi connectivity index (χ1) is 10.9. The molecule has 0 fully saturated rings. The first kappa shape index (κ1) is 16.0. The Balaban J connectivity index is 2.58. The van der Waals surface area contributed by atoms with Gasteiger partial charge in [-0.2, -0.15) is 5.26 Å². The maximum atomic E-state index is 12.0. The van der Waals surface area contributed by atoms with Crippen LogP contribution in [-0.2, 0) is 14.1 Å². The molecule has 1 aromatic carbocycles. The summed E-state index contributed by atoms with van der Waals surface area (Å²) in [5.41, 5.74) is -1.31. The molecule has 1 N–H and O–H groups in total. The van der Waals surface area contributed by atoms with Crippen LogP contribution in [0.15, 0.2) is 33.9 Å². The van der Waals surface area contributed by atoms with Gasteiger partial charge in [0.1, 0.15) is 11.8 Å². The number of benzene rings is 1. The van der Waals surface area contributed by atoms with Crippen molar-refractivity contribution in [1.29, 1.82) is 5.26 Å². The molecule has 0 atom stereocenters. The van der Waals surface area contributed by atoms with Crippen molar-refractivity contribution < 1.29 is 9.53 Å². The maximum Gasteiger partial charge on any atom is 0.333 e. The third kappa shape index (κ3) is 2.85. The first-order valence-corrected chi connectivity index (χ1v) is 6.60. The Morgan fingerprint density at radius 1 is 1.26 bits per heavy atom. The molecule has 0 aliphatic heterocycles. The Kier molecular flexibility index (Phi) is 4.32. The largest absolute Gasteiger partial charge is 0.439 e. The van der Waals surface area contributed by atoms with E-state index >= 15 is 0 Å². The normalized spacial score (nSPS) is 10.0. The Morgan fingerprint density at radius 3 is 2.57 bits per heavy atom. The van der Waals surface area contributed by atoms with E-state index in [1.807, 2.05) is 0 Å². The lowest BCUT2D eigenvalue weighted by atomic mass is 10.2. The zero-order valence-corrected chi connectivity index (χ0v) is 12.8. The van der Waals surface area contributed by atoms with Crippen LogP contribution < -0.4 is 21.3 Å². The molecule has 23 heavy (non-hydrogen) atoms. The SMILES string of the molecule is CNC(=O)c1cccc(Oc2c(C#N)c(=O)n(C)c(=O)n2C)c1. The number of nitrogens with zero attached hydrogens (tertiary/aromatic N) is 3. The molecule has 0 spiro atoms. The fraction of sp³-hybridized carbons (Fsp3) is 0.200. The molecule has 8 heteroatoms. The fourth-order valence-electron chi connectivity index (χ4n) is 2.00. The molecule has 0 saturated heterocycles. The summed E-state index contributed by atoms with van der Waals surface area (Å²) in [5.74, 6) is -0.255. The number of nitrogens with one attached hydrogen (secondary N) is 1. The summed E-state index contributed by atoms with van der Waals surface area (Å²) >= 11 is 0. The molecular weight excluding hydrogens is 300 g/mol. The highest BCUT2D eigenvalue weighted by Crippen LogP contribution is 2.22.